The summed E-state index contributed by atoms with van der Waals surface area (Å²) in [4.78, 5) is 5.12. The minimum Gasteiger partial charge on any atom is -0.454 e. The number of rotatable bonds is 3. The van der Waals surface area contributed by atoms with Crippen LogP contribution in [0.25, 0.3) is 5.69 Å². The van der Waals surface area contributed by atoms with E-state index in [1.165, 1.54) is 0 Å². The van der Waals surface area contributed by atoms with Gasteiger partial charge in [-0.1, -0.05) is 41.9 Å². The normalized spacial score (nSPS) is 16.5. The first kappa shape index (κ1) is 19.9. The van der Waals surface area contributed by atoms with Crippen molar-refractivity contribution in [2.24, 2.45) is 4.99 Å². The van der Waals surface area contributed by atoms with Gasteiger partial charge in [-0.2, -0.15) is 5.10 Å². The van der Waals surface area contributed by atoms with E-state index >= 15 is 0 Å². The number of benzene rings is 3. The Morgan fingerprint density at radius 3 is 2.58 bits per heavy atom. The Bertz CT molecular complexity index is 1360. The van der Waals surface area contributed by atoms with Crippen molar-refractivity contribution in [2.75, 3.05) is 12.1 Å². The summed E-state index contributed by atoms with van der Waals surface area (Å²) < 4.78 is 13.0. The van der Waals surface area contributed by atoms with Crippen molar-refractivity contribution < 1.29 is 9.47 Å². The standard InChI is InChI=1S/C26H21ClN4O2/c1-16-25-26(31(30-16)20-5-3-2-4-6-20)29-21(17-7-10-19(27)11-8-17)14-22(28-25)18-9-12-23-24(13-18)33-15-32-23/h2-13,21,29H,14-15H2,1H3/t21-/m1/s1. The number of halogens is 1. The Morgan fingerprint density at radius 2 is 1.76 bits per heavy atom. The van der Waals surface area contributed by atoms with Crippen LogP contribution in [-0.4, -0.2) is 22.3 Å². The zero-order valence-corrected chi connectivity index (χ0v) is 18.7. The van der Waals surface area contributed by atoms with Crippen LogP contribution in [0.3, 0.4) is 0 Å². The van der Waals surface area contributed by atoms with E-state index in [0.717, 1.165) is 51.2 Å². The molecule has 3 aromatic carbocycles. The number of anilines is 1. The number of nitrogens with one attached hydrogen (secondary N) is 1. The van der Waals surface area contributed by atoms with Crippen LogP contribution >= 0.6 is 11.6 Å². The minimum atomic E-state index is -0.0220. The number of aliphatic imine (C=N–C) groups is 1. The third-order valence-corrected chi connectivity index (χ3v) is 6.21. The lowest BCUT2D eigenvalue weighted by molar-refractivity contribution is 0.174. The van der Waals surface area contributed by atoms with Crippen molar-refractivity contribution >= 4 is 28.8 Å². The maximum atomic E-state index is 6.17. The average Bonchev–Trinajstić information content (AvgIpc) is 3.37. The maximum Gasteiger partial charge on any atom is 0.231 e. The van der Waals surface area contributed by atoms with Crippen LogP contribution in [0.4, 0.5) is 11.5 Å². The highest BCUT2D eigenvalue weighted by Crippen LogP contribution is 2.40. The summed E-state index contributed by atoms with van der Waals surface area (Å²) in [6.45, 7) is 2.23. The number of nitrogens with zero attached hydrogens (tertiary/aromatic N) is 3. The molecule has 0 saturated carbocycles. The summed E-state index contributed by atoms with van der Waals surface area (Å²) in [7, 11) is 0. The molecule has 6 rings (SSSR count). The van der Waals surface area contributed by atoms with Gasteiger partial charge in [0.15, 0.2) is 17.3 Å². The third-order valence-electron chi connectivity index (χ3n) is 5.96. The van der Waals surface area contributed by atoms with E-state index in [1.807, 2.05) is 72.3 Å². The molecule has 1 aromatic heterocycles. The van der Waals surface area contributed by atoms with Crippen molar-refractivity contribution in [2.45, 2.75) is 19.4 Å². The van der Waals surface area contributed by atoms with Gasteiger partial charge >= 0.3 is 0 Å². The van der Waals surface area contributed by atoms with Gasteiger partial charge in [-0.25, -0.2) is 9.67 Å². The molecule has 0 radical (unpaired) electrons. The van der Waals surface area contributed by atoms with E-state index in [-0.39, 0.29) is 12.8 Å². The van der Waals surface area contributed by atoms with E-state index in [1.54, 1.807) is 0 Å². The molecule has 0 saturated heterocycles. The lowest BCUT2D eigenvalue weighted by atomic mass is 9.97. The first-order valence-corrected chi connectivity index (χ1v) is 11.2. The number of para-hydroxylation sites is 1. The van der Waals surface area contributed by atoms with Gasteiger partial charge in [0, 0.05) is 11.4 Å². The highest BCUT2D eigenvalue weighted by Gasteiger charge is 2.27. The van der Waals surface area contributed by atoms with Crippen LogP contribution in [0.15, 0.2) is 77.8 Å². The molecule has 4 aromatic rings. The smallest absolute Gasteiger partial charge is 0.231 e. The van der Waals surface area contributed by atoms with E-state index in [9.17, 15) is 0 Å². The zero-order valence-electron chi connectivity index (χ0n) is 18.0. The fraction of sp³-hybridized carbons (Fsp3) is 0.154. The van der Waals surface area contributed by atoms with Crippen LogP contribution in [0.1, 0.15) is 29.3 Å². The summed E-state index contributed by atoms with van der Waals surface area (Å²) in [5.41, 5.74) is 5.75. The molecule has 1 atom stereocenters. The van der Waals surface area contributed by atoms with Crippen molar-refractivity contribution in [1.29, 1.82) is 0 Å². The van der Waals surface area contributed by atoms with Crippen molar-refractivity contribution in [3.8, 4) is 17.2 Å². The molecular formula is C26H21ClN4O2. The number of aryl methyl sites for hydroxylation is 1. The first-order chi connectivity index (χ1) is 16.2. The summed E-state index contributed by atoms with van der Waals surface area (Å²) in [5.74, 6) is 2.37. The Morgan fingerprint density at radius 1 is 0.970 bits per heavy atom. The Kier molecular flexibility index (Phi) is 4.80. The largest absolute Gasteiger partial charge is 0.454 e. The molecule has 0 fully saturated rings. The van der Waals surface area contributed by atoms with E-state index in [2.05, 4.69) is 17.4 Å². The average molecular weight is 457 g/mol. The van der Waals surface area contributed by atoms with Crippen LogP contribution in [-0.2, 0) is 0 Å². The SMILES string of the molecule is Cc1nn(-c2ccccc2)c2c1N=C(c1ccc3c(c1)OCO3)C[C@H](c1ccc(Cl)cc1)N2. The summed E-state index contributed by atoms with van der Waals surface area (Å²) in [6, 6.07) is 24.0. The van der Waals surface area contributed by atoms with Gasteiger partial charge in [0.25, 0.3) is 0 Å². The number of aromatic nitrogens is 2. The van der Waals surface area contributed by atoms with Gasteiger partial charge < -0.3 is 14.8 Å². The molecule has 0 amide bonds. The Balaban J connectivity index is 1.51. The second-order valence-electron chi connectivity index (χ2n) is 8.11. The predicted molar refractivity (Wildman–Crippen MR) is 129 cm³/mol. The molecule has 0 unspecified atom stereocenters. The molecule has 0 spiro atoms. The molecule has 7 heteroatoms. The van der Waals surface area contributed by atoms with Gasteiger partial charge in [-0.05, 0) is 60.5 Å². The highest BCUT2D eigenvalue weighted by molar-refractivity contribution is 6.30. The van der Waals surface area contributed by atoms with Crippen molar-refractivity contribution in [3.63, 3.8) is 0 Å². The second-order valence-corrected chi connectivity index (χ2v) is 8.55. The number of hydrogen-bond acceptors (Lipinski definition) is 5. The first-order valence-electron chi connectivity index (χ1n) is 10.8. The van der Waals surface area contributed by atoms with E-state index in [0.29, 0.717) is 11.4 Å². The predicted octanol–water partition coefficient (Wildman–Crippen LogP) is 6.24. The number of fused-ring (bicyclic) bond motifs is 2. The lowest BCUT2D eigenvalue weighted by Gasteiger charge is -2.20. The van der Waals surface area contributed by atoms with Gasteiger partial charge in [-0.3, -0.25) is 0 Å². The monoisotopic (exact) mass is 456 g/mol. The fourth-order valence-electron chi connectivity index (χ4n) is 4.28. The molecule has 3 heterocycles. The van der Waals surface area contributed by atoms with Crippen LogP contribution in [0.2, 0.25) is 5.02 Å². The van der Waals surface area contributed by atoms with Crippen LogP contribution < -0.4 is 14.8 Å². The zero-order chi connectivity index (χ0) is 22.4. The number of hydrogen-bond donors (Lipinski definition) is 1. The van der Waals surface area contributed by atoms with Gasteiger partial charge in [0.05, 0.1) is 23.1 Å². The molecule has 2 aliphatic heterocycles. The summed E-state index contributed by atoms with van der Waals surface area (Å²) in [6.07, 6.45) is 0.685. The molecule has 1 N–H and O–H groups in total. The number of ether oxygens (including phenoxy) is 2. The topological polar surface area (TPSA) is 60.7 Å². The van der Waals surface area contributed by atoms with Crippen molar-refractivity contribution in [1.82, 2.24) is 9.78 Å². The molecule has 0 bridgehead atoms. The molecule has 0 aliphatic carbocycles. The molecule has 6 nitrogen and oxygen atoms in total. The molecule has 164 valence electrons. The van der Waals surface area contributed by atoms with E-state index in [4.69, 9.17) is 31.2 Å². The fourth-order valence-corrected chi connectivity index (χ4v) is 4.41. The third kappa shape index (κ3) is 3.62. The summed E-state index contributed by atoms with van der Waals surface area (Å²) in [5, 5.41) is 9.25. The Labute approximate surface area is 196 Å². The molecular weight excluding hydrogens is 436 g/mol. The van der Waals surface area contributed by atoms with Crippen LogP contribution in [0.5, 0.6) is 11.5 Å². The minimum absolute atomic E-state index is 0.0220. The Hall–Kier alpha value is -3.77. The van der Waals surface area contributed by atoms with Gasteiger partial charge in [-0.15, -0.1) is 0 Å². The quantitative estimate of drug-likeness (QED) is 0.396. The summed E-state index contributed by atoms with van der Waals surface area (Å²) >= 11 is 6.17. The molecule has 2 aliphatic rings. The van der Waals surface area contributed by atoms with Crippen molar-refractivity contribution in [3.05, 3.63) is 94.6 Å². The van der Waals surface area contributed by atoms with Crippen LogP contribution in [0, 0.1) is 6.92 Å². The van der Waals surface area contributed by atoms with Gasteiger partial charge in [0.1, 0.15) is 5.69 Å². The van der Waals surface area contributed by atoms with Gasteiger partial charge in [0.2, 0.25) is 6.79 Å². The maximum absolute atomic E-state index is 6.17. The lowest BCUT2D eigenvalue weighted by Crippen LogP contribution is -2.16. The molecule has 33 heavy (non-hydrogen) atoms. The second kappa shape index (κ2) is 7.98. The van der Waals surface area contributed by atoms with E-state index < -0.39 is 0 Å². The highest BCUT2D eigenvalue weighted by atomic mass is 35.5.